The van der Waals surface area contributed by atoms with Crippen LogP contribution in [0.25, 0.3) is 0 Å². The average Bonchev–Trinajstić information content (AvgIpc) is 2.53. The minimum absolute atomic E-state index is 0. The monoisotopic (exact) mass is 248 g/mol. The van der Waals surface area contributed by atoms with Gasteiger partial charge in [-0.25, -0.2) is 4.79 Å². The molecule has 1 aliphatic rings. The molecule has 1 aromatic rings. The molecule has 0 aromatic carbocycles. The zero-order valence-electron chi connectivity index (χ0n) is 8.33. The van der Waals surface area contributed by atoms with E-state index >= 15 is 0 Å². The fourth-order valence-corrected chi connectivity index (χ4v) is 2.76. The minimum atomic E-state index is -0.318. The molecule has 0 saturated carbocycles. The van der Waals surface area contributed by atoms with Crippen LogP contribution in [0.5, 0.6) is 0 Å². The number of methoxy groups -OCH3 is 1. The molecular formula is C9H13ClN2O2S. The van der Waals surface area contributed by atoms with Crippen molar-refractivity contribution in [2.24, 2.45) is 0 Å². The number of esters is 1. The normalized spacial score (nSPS) is 13.9. The summed E-state index contributed by atoms with van der Waals surface area (Å²) in [6, 6.07) is 0. The Morgan fingerprint density at radius 3 is 3.00 bits per heavy atom. The van der Waals surface area contributed by atoms with Crippen LogP contribution < -0.4 is 11.1 Å². The molecule has 0 fully saturated rings. The van der Waals surface area contributed by atoms with Crippen molar-refractivity contribution in [1.82, 2.24) is 5.32 Å². The fourth-order valence-electron chi connectivity index (χ4n) is 1.68. The number of nitrogen functional groups attached to an aromatic ring is 1. The molecule has 2 heterocycles. The first-order valence-corrected chi connectivity index (χ1v) is 5.24. The van der Waals surface area contributed by atoms with Gasteiger partial charge in [0, 0.05) is 11.4 Å². The highest BCUT2D eigenvalue weighted by atomic mass is 35.5. The van der Waals surface area contributed by atoms with Gasteiger partial charge in [0.2, 0.25) is 0 Å². The van der Waals surface area contributed by atoms with Crippen molar-refractivity contribution in [2.75, 3.05) is 19.4 Å². The summed E-state index contributed by atoms with van der Waals surface area (Å²) in [4.78, 5) is 12.6. The number of ether oxygens (including phenoxy) is 1. The number of carbonyl (C=O) groups excluding carboxylic acids is 1. The molecule has 15 heavy (non-hydrogen) atoms. The maximum Gasteiger partial charge on any atom is 0.341 e. The van der Waals surface area contributed by atoms with Crippen LogP contribution >= 0.6 is 23.7 Å². The number of hydrogen-bond acceptors (Lipinski definition) is 5. The van der Waals surface area contributed by atoms with Crippen molar-refractivity contribution in [1.29, 1.82) is 0 Å². The van der Waals surface area contributed by atoms with E-state index in [1.165, 1.54) is 18.4 Å². The highest BCUT2D eigenvalue weighted by molar-refractivity contribution is 7.16. The van der Waals surface area contributed by atoms with Crippen LogP contribution in [-0.4, -0.2) is 19.6 Å². The summed E-state index contributed by atoms with van der Waals surface area (Å²) in [5.41, 5.74) is 7.43. The maximum absolute atomic E-state index is 11.5. The van der Waals surface area contributed by atoms with Crippen molar-refractivity contribution in [3.8, 4) is 0 Å². The fraction of sp³-hybridized carbons (Fsp3) is 0.444. The van der Waals surface area contributed by atoms with E-state index in [2.05, 4.69) is 5.32 Å². The Kier molecular flexibility index (Phi) is 3.96. The van der Waals surface area contributed by atoms with Crippen molar-refractivity contribution >= 4 is 34.7 Å². The quantitative estimate of drug-likeness (QED) is 0.733. The summed E-state index contributed by atoms with van der Waals surface area (Å²) in [5.74, 6) is -0.318. The number of carbonyl (C=O) groups is 1. The first-order valence-electron chi connectivity index (χ1n) is 4.43. The molecule has 84 valence electrons. The SMILES string of the molecule is COC(=O)c1c(N)sc2c1CCNC2.Cl. The molecule has 0 atom stereocenters. The Bertz CT molecular complexity index is 378. The Balaban J connectivity index is 0.00000112. The van der Waals surface area contributed by atoms with Gasteiger partial charge in [0.15, 0.2) is 0 Å². The molecule has 1 aromatic heterocycles. The van der Waals surface area contributed by atoms with Gasteiger partial charge in [0.05, 0.1) is 12.7 Å². The number of halogens is 1. The van der Waals surface area contributed by atoms with Gasteiger partial charge in [-0.1, -0.05) is 0 Å². The second-order valence-corrected chi connectivity index (χ2v) is 4.30. The minimum Gasteiger partial charge on any atom is -0.465 e. The van der Waals surface area contributed by atoms with Gasteiger partial charge in [-0.2, -0.15) is 0 Å². The third-order valence-electron chi connectivity index (χ3n) is 2.34. The predicted molar refractivity (Wildman–Crippen MR) is 62.7 cm³/mol. The average molecular weight is 249 g/mol. The lowest BCUT2D eigenvalue weighted by atomic mass is 10.0. The highest BCUT2D eigenvalue weighted by Gasteiger charge is 2.24. The third-order valence-corrected chi connectivity index (χ3v) is 3.41. The maximum atomic E-state index is 11.5. The molecule has 3 N–H and O–H groups in total. The van der Waals surface area contributed by atoms with Gasteiger partial charge in [0.1, 0.15) is 5.00 Å². The van der Waals surface area contributed by atoms with E-state index in [1.54, 1.807) is 0 Å². The molecule has 0 amide bonds. The lowest BCUT2D eigenvalue weighted by Crippen LogP contribution is -2.23. The summed E-state index contributed by atoms with van der Waals surface area (Å²) in [6.07, 6.45) is 0.855. The van der Waals surface area contributed by atoms with E-state index in [0.717, 1.165) is 30.0 Å². The van der Waals surface area contributed by atoms with Crippen molar-refractivity contribution in [3.63, 3.8) is 0 Å². The summed E-state index contributed by atoms with van der Waals surface area (Å²) in [6.45, 7) is 1.70. The Morgan fingerprint density at radius 2 is 2.33 bits per heavy atom. The smallest absolute Gasteiger partial charge is 0.341 e. The summed E-state index contributed by atoms with van der Waals surface area (Å²) in [5, 5.41) is 3.82. The number of thiophene rings is 1. The lowest BCUT2D eigenvalue weighted by Gasteiger charge is -2.13. The topological polar surface area (TPSA) is 64.3 Å². The third kappa shape index (κ3) is 2.09. The molecule has 2 rings (SSSR count). The summed E-state index contributed by atoms with van der Waals surface area (Å²) >= 11 is 1.47. The van der Waals surface area contributed by atoms with E-state index in [9.17, 15) is 4.79 Å². The standard InChI is InChI=1S/C9H12N2O2S.ClH/c1-13-9(12)7-5-2-3-11-4-6(5)14-8(7)10;/h11H,2-4,10H2,1H3;1H. The van der Waals surface area contributed by atoms with Crippen molar-refractivity contribution in [2.45, 2.75) is 13.0 Å². The van der Waals surface area contributed by atoms with E-state index < -0.39 is 0 Å². The number of anilines is 1. The second-order valence-electron chi connectivity index (χ2n) is 3.16. The van der Waals surface area contributed by atoms with Crippen LogP contribution in [0.2, 0.25) is 0 Å². The van der Waals surface area contributed by atoms with E-state index in [1.807, 2.05) is 0 Å². The molecule has 1 aliphatic heterocycles. The van der Waals surface area contributed by atoms with Crippen LogP contribution in [0.3, 0.4) is 0 Å². The molecule has 0 spiro atoms. The van der Waals surface area contributed by atoms with E-state index in [0.29, 0.717) is 10.6 Å². The largest absolute Gasteiger partial charge is 0.465 e. The zero-order chi connectivity index (χ0) is 10.1. The number of fused-ring (bicyclic) bond motifs is 1. The summed E-state index contributed by atoms with van der Waals surface area (Å²) < 4.78 is 4.71. The first-order chi connectivity index (χ1) is 6.74. The molecular weight excluding hydrogens is 236 g/mol. The number of nitrogens with one attached hydrogen (secondary N) is 1. The Labute approximate surface area is 98.2 Å². The predicted octanol–water partition coefficient (Wildman–Crippen LogP) is 1.18. The first kappa shape index (κ1) is 12.3. The van der Waals surface area contributed by atoms with Crippen LogP contribution in [0, 0.1) is 0 Å². The highest BCUT2D eigenvalue weighted by Crippen LogP contribution is 2.33. The molecule has 0 radical (unpaired) electrons. The number of nitrogens with two attached hydrogens (primary N) is 1. The lowest BCUT2D eigenvalue weighted by molar-refractivity contribution is 0.0601. The van der Waals surface area contributed by atoms with Gasteiger partial charge in [-0.15, -0.1) is 23.7 Å². The summed E-state index contributed by atoms with van der Waals surface area (Å²) in [7, 11) is 1.38. The second kappa shape index (κ2) is 4.83. The van der Waals surface area contributed by atoms with Gasteiger partial charge >= 0.3 is 5.97 Å². The molecule has 0 aliphatic carbocycles. The zero-order valence-corrected chi connectivity index (χ0v) is 9.96. The Hall–Kier alpha value is -0.780. The van der Waals surface area contributed by atoms with Crippen LogP contribution in [0.1, 0.15) is 20.8 Å². The van der Waals surface area contributed by atoms with Crippen molar-refractivity contribution in [3.05, 3.63) is 16.0 Å². The number of rotatable bonds is 1. The van der Waals surface area contributed by atoms with Crippen LogP contribution in [0.4, 0.5) is 5.00 Å². The Morgan fingerprint density at radius 1 is 1.60 bits per heavy atom. The molecule has 0 bridgehead atoms. The number of hydrogen-bond donors (Lipinski definition) is 2. The molecule has 0 saturated heterocycles. The van der Waals surface area contributed by atoms with Gasteiger partial charge < -0.3 is 15.8 Å². The van der Waals surface area contributed by atoms with Crippen molar-refractivity contribution < 1.29 is 9.53 Å². The van der Waals surface area contributed by atoms with Gasteiger partial charge in [-0.05, 0) is 18.5 Å². The molecule has 4 nitrogen and oxygen atoms in total. The van der Waals surface area contributed by atoms with Crippen LogP contribution in [0.15, 0.2) is 0 Å². The van der Waals surface area contributed by atoms with E-state index in [-0.39, 0.29) is 18.4 Å². The van der Waals surface area contributed by atoms with E-state index in [4.69, 9.17) is 10.5 Å². The van der Waals surface area contributed by atoms with Gasteiger partial charge in [0.25, 0.3) is 0 Å². The molecule has 0 unspecified atom stereocenters. The van der Waals surface area contributed by atoms with Crippen LogP contribution in [-0.2, 0) is 17.7 Å². The molecule has 6 heteroatoms. The van der Waals surface area contributed by atoms with Gasteiger partial charge in [-0.3, -0.25) is 0 Å².